The van der Waals surface area contributed by atoms with Crippen molar-refractivity contribution < 1.29 is 9.59 Å². The van der Waals surface area contributed by atoms with Crippen molar-refractivity contribution in [2.45, 2.75) is 56.6 Å². The van der Waals surface area contributed by atoms with Crippen LogP contribution in [0.5, 0.6) is 0 Å². The van der Waals surface area contributed by atoms with E-state index in [2.05, 4.69) is 16.1 Å². The molecule has 0 saturated carbocycles. The highest BCUT2D eigenvalue weighted by Crippen LogP contribution is 2.38. The number of benzene rings is 1. The Bertz CT molecular complexity index is 651. The van der Waals surface area contributed by atoms with Gasteiger partial charge in [0, 0.05) is 24.0 Å². The fraction of sp³-hybridized carbons (Fsp3) is 0.579. The zero-order valence-corrected chi connectivity index (χ0v) is 15.3. The molecular weight excluding hydrogens is 334 g/mol. The third-order valence-electron chi connectivity index (χ3n) is 5.66. The van der Waals surface area contributed by atoms with Crippen LogP contribution in [-0.4, -0.2) is 35.7 Å². The number of carbonyl (C=O) groups is 2. The molecule has 134 valence electrons. The fourth-order valence-corrected chi connectivity index (χ4v) is 5.11. The highest BCUT2D eigenvalue weighted by molar-refractivity contribution is 7.98. The molecule has 3 aliphatic rings. The van der Waals surface area contributed by atoms with Crippen LogP contribution in [-0.2, 0) is 30.5 Å². The number of nitrogens with one attached hydrogen (secondary N) is 2. The first-order valence-electron chi connectivity index (χ1n) is 9.33. The Morgan fingerprint density at radius 1 is 1.08 bits per heavy atom. The highest BCUT2D eigenvalue weighted by atomic mass is 32.2. The molecule has 4 rings (SSSR count). The number of anilines is 1. The predicted molar refractivity (Wildman–Crippen MR) is 101 cm³/mol. The van der Waals surface area contributed by atoms with Crippen molar-refractivity contribution >= 4 is 30.1 Å². The normalized spacial score (nSPS) is 19.4. The number of amides is 3. The third-order valence-corrected chi connectivity index (χ3v) is 6.76. The van der Waals surface area contributed by atoms with Gasteiger partial charge in [-0.2, -0.15) is 0 Å². The average Bonchev–Trinajstić information content (AvgIpc) is 3.29. The summed E-state index contributed by atoms with van der Waals surface area (Å²) in [5.41, 5.74) is 6.69. The first-order chi connectivity index (χ1) is 12.2. The molecular formula is C19H25N3O2S. The predicted octanol–water partition coefficient (Wildman–Crippen LogP) is 3.05. The highest BCUT2D eigenvalue weighted by Gasteiger charge is 2.25. The van der Waals surface area contributed by atoms with Crippen LogP contribution in [0.4, 0.5) is 10.5 Å². The van der Waals surface area contributed by atoms with E-state index >= 15 is 0 Å². The van der Waals surface area contributed by atoms with Gasteiger partial charge in [0.05, 0.1) is 0 Å². The summed E-state index contributed by atoms with van der Waals surface area (Å²) >= 11 is 1.50. The maximum atomic E-state index is 12.5. The van der Waals surface area contributed by atoms with Gasteiger partial charge in [-0.05, 0) is 85.6 Å². The zero-order chi connectivity index (χ0) is 17.2. The van der Waals surface area contributed by atoms with Crippen LogP contribution in [0, 0.1) is 0 Å². The minimum Gasteiger partial charge on any atom is -0.345 e. The van der Waals surface area contributed by atoms with Gasteiger partial charge < -0.3 is 10.2 Å². The molecule has 6 heteroatoms. The van der Waals surface area contributed by atoms with Crippen molar-refractivity contribution in [3.8, 4) is 0 Å². The van der Waals surface area contributed by atoms with Crippen LogP contribution in [0.1, 0.15) is 47.9 Å². The molecule has 1 heterocycles. The Hall–Kier alpha value is -1.69. The summed E-state index contributed by atoms with van der Waals surface area (Å²) in [5.74, 6) is 0. The Morgan fingerprint density at radius 2 is 1.72 bits per heavy atom. The fourth-order valence-electron chi connectivity index (χ4n) is 4.34. The second kappa shape index (κ2) is 7.28. The van der Waals surface area contributed by atoms with Crippen LogP contribution in [0.25, 0.3) is 0 Å². The first kappa shape index (κ1) is 16.8. The van der Waals surface area contributed by atoms with E-state index in [-0.39, 0.29) is 6.03 Å². The van der Waals surface area contributed by atoms with Gasteiger partial charge in [-0.15, -0.1) is 0 Å². The minimum atomic E-state index is -0.114. The molecule has 0 bridgehead atoms. The quantitative estimate of drug-likeness (QED) is 0.642. The molecule has 1 saturated heterocycles. The second-order valence-electron chi connectivity index (χ2n) is 7.25. The molecule has 0 radical (unpaired) electrons. The summed E-state index contributed by atoms with van der Waals surface area (Å²) < 4.78 is 2.98. The minimum absolute atomic E-state index is 0.114. The van der Waals surface area contributed by atoms with Crippen LogP contribution in [0.15, 0.2) is 6.07 Å². The SMILES string of the molecule is O=CN1CCC(SNC(=O)Nc2c3c(cc4c2CCC4)CCC3)CC1. The van der Waals surface area contributed by atoms with E-state index in [9.17, 15) is 9.59 Å². The lowest BCUT2D eigenvalue weighted by molar-refractivity contribution is -0.118. The molecule has 1 fully saturated rings. The van der Waals surface area contributed by atoms with Gasteiger partial charge in [0.2, 0.25) is 6.41 Å². The molecule has 0 atom stereocenters. The molecule has 1 aromatic carbocycles. The van der Waals surface area contributed by atoms with Crippen molar-refractivity contribution in [2.24, 2.45) is 0 Å². The van der Waals surface area contributed by atoms with Crippen molar-refractivity contribution in [3.05, 3.63) is 28.3 Å². The second-order valence-corrected chi connectivity index (χ2v) is 8.36. The van der Waals surface area contributed by atoms with Crippen LogP contribution in [0.3, 0.4) is 0 Å². The molecule has 25 heavy (non-hydrogen) atoms. The van der Waals surface area contributed by atoms with Gasteiger partial charge in [-0.25, -0.2) is 4.79 Å². The molecule has 1 aliphatic heterocycles. The number of rotatable bonds is 4. The van der Waals surface area contributed by atoms with E-state index in [1.165, 1.54) is 47.0 Å². The van der Waals surface area contributed by atoms with Gasteiger partial charge >= 0.3 is 6.03 Å². The summed E-state index contributed by atoms with van der Waals surface area (Å²) in [7, 11) is 0. The van der Waals surface area contributed by atoms with Crippen molar-refractivity contribution in [1.29, 1.82) is 0 Å². The number of nitrogens with zero attached hydrogens (tertiary/aromatic N) is 1. The summed E-state index contributed by atoms with van der Waals surface area (Å²) in [6.07, 6.45) is 9.60. The number of hydrogen-bond donors (Lipinski definition) is 2. The third kappa shape index (κ3) is 3.50. The Labute approximate surface area is 153 Å². The van der Waals surface area contributed by atoms with Crippen molar-refractivity contribution in [1.82, 2.24) is 9.62 Å². The number of likely N-dealkylation sites (tertiary alicyclic amines) is 1. The smallest absolute Gasteiger partial charge is 0.329 e. The number of fused-ring (bicyclic) bond motifs is 2. The summed E-state index contributed by atoms with van der Waals surface area (Å²) in [5, 5.41) is 3.55. The number of piperidine rings is 1. The Kier molecular flexibility index (Phi) is 4.88. The monoisotopic (exact) mass is 359 g/mol. The van der Waals surface area contributed by atoms with E-state index in [1.54, 1.807) is 4.90 Å². The number of aryl methyl sites for hydroxylation is 2. The maximum absolute atomic E-state index is 12.5. The molecule has 0 aromatic heterocycles. The van der Waals surface area contributed by atoms with Gasteiger partial charge in [0.1, 0.15) is 0 Å². The summed E-state index contributed by atoms with van der Waals surface area (Å²) in [6, 6.07) is 2.26. The Morgan fingerprint density at radius 3 is 2.32 bits per heavy atom. The summed E-state index contributed by atoms with van der Waals surface area (Å²) in [6.45, 7) is 1.56. The van der Waals surface area contributed by atoms with Crippen LogP contribution in [0.2, 0.25) is 0 Å². The van der Waals surface area contributed by atoms with Gasteiger partial charge in [0.15, 0.2) is 0 Å². The number of urea groups is 1. The molecule has 3 amide bonds. The maximum Gasteiger partial charge on any atom is 0.329 e. The van der Waals surface area contributed by atoms with Gasteiger partial charge in [0.25, 0.3) is 0 Å². The van der Waals surface area contributed by atoms with E-state index in [0.717, 1.165) is 63.7 Å². The topological polar surface area (TPSA) is 61.4 Å². The average molecular weight is 359 g/mol. The molecule has 2 aliphatic carbocycles. The molecule has 0 spiro atoms. The standard InChI is InChI=1S/C19H25N3O2S/c23-12-22-9-7-15(8-10-22)25-21-19(24)20-18-16-5-1-3-13(16)11-14-4-2-6-17(14)18/h11-12,15H,1-10H2,(H2,20,21,24). The summed E-state index contributed by atoms with van der Waals surface area (Å²) in [4.78, 5) is 25.0. The number of carbonyl (C=O) groups excluding carboxylic acids is 2. The molecule has 1 aromatic rings. The van der Waals surface area contributed by atoms with E-state index in [1.807, 2.05) is 0 Å². The van der Waals surface area contributed by atoms with Gasteiger partial charge in [-0.3, -0.25) is 9.52 Å². The van der Waals surface area contributed by atoms with Crippen molar-refractivity contribution in [2.75, 3.05) is 18.4 Å². The zero-order valence-electron chi connectivity index (χ0n) is 14.5. The first-order valence-corrected chi connectivity index (χ1v) is 10.2. The van der Waals surface area contributed by atoms with Crippen molar-refractivity contribution in [3.63, 3.8) is 0 Å². The lowest BCUT2D eigenvalue weighted by Crippen LogP contribution is -2.35. The Balaban J connectivity index is 1.38. The molecule has 2 N–H and O–H groups in total. The lowest BCUT2D eigenvalue weighted by atomic mass is 9.99. The molecule has 0 unspecified atom stereocenters. The van der Waals surface area contributed by atoms with E-state index in [4.69, 9.17) is 0 Å². The van der Waals surface area contributed by atoms with E-state index in [0.29, 0.717) is 5.25 Å². The van der Waals surface area contributed by atoms with E-state index < -0.39 is 0 Å². The largest absolute Gasteiger partial charge is 0.345 e. The molecule has 5 nitrogen and oxygen atoms in total. The van der Waals surface area contributed by atoms with Crippen LogP contribution < -0.4 is 10.0 Å². The number of hydrogen-bond acceptors (Lipinski definition) is 3. The van der Waals surface area contributed by atoms with Gasteiger partial charge in [-0.1, -0.05) is 6.07 Å². The lowest BCUT2D eigenvalue weighted by Gasteiger charge is -2.28. The van der Waals surface area contributed by atoms with Crippen LogP contribution >= 0.6 is 11.9 Å².